The molecule has 4 aromatic rings. The fourth-order valence-electron chi connectivity index (χ4n) is 3.34. The number of ether oxygens (including phenoxy) is 3. The van der Waals surface area contributed by atoms with Gasteiger partial charge in [-0.25, -0.2) is 8.42 Å². The van der Waals surface area contributed by atoms with Crippen molar-refractivity contribution in [2.75, 3.05) is 23.3 Å². The summed E-state index contributed by atoms with van der Waals surface area (Å²) in [4.78, 5) is 12.3. The molecule has 4 rings (SSSR count). The summed E-state index contributed by atoms with van der Waals surface area (Å²) in [6.45, 7) is 2.05. The van der Waals surface area contributed by atoms with E-state index in [1.54, 1.807) is 48.5 Å². The van der Waals surface area contributed by atoms with Crippen molar-refractivity contribution < 1.29 is 27.4 Å². The summed E-state index contributed by atoms with van der Waals surface area (Å²) in [6.07, 6.45) is 0. The van der Waals surface area contributed by atoms with Crippen LogP contribution in [0.3, 0.4) is 0 Å². The third-order valence-corrected chi connectivity index (χ3v) is 6.78. The standard InChI is InChI=1S/C28H25ClN2O6S/c1-2-35-22-12-10-21(11-13-22)31-38(33,34)25-16-17-27(26(29)18-25)36-19-28(32)30-20-8-14-24(15-9-20)37-23-6-4-3-5-7-23/h3-18,31H,2,19H2,1H3,(H,30,32). The second-order valence-electron chi connectivity index (χ2n) is 7.93. The molecule has 0 radical (unpaired) electrons. The molecule has 0 bridgehead atoms. The topological polar surface area (TPSA) is 103 Å². The number of nitrogens with one attached hydrogen (secondary N) is 2. The number of rotatable bonds is 11. The van der Waals surface area contributed by atoms with Crippen molar-refractivity contribution in [2.45, 2.75) is 11.8 Å². The van der Waals surface area contributed by atoms with Gasteiger partial charge in [-0.15, -0.1) is 0 Å². The van der Waals surface area contributed by atoms with E-state index in [1.807, 2.05) is 37.3 Å². The van der Waals surface area contributed by atoms with E-state index in [2.05, 4.69) is 10.0 Å². The predicted octanol–water partition coefficient (Wildman–Crippen LogP) is 6.35. The molecule has 2 N–H and O–H groups in total. The van der Waals surface area contributed by atoms with Gasteiger partial charge in [0, 0.05) is 11.4 Å². The fraction of sp³-hybridized carbons (Fsp3) is 0.107. The first-order valence-electron chi connectivity index (χ1n) is 11.6. The number of carbonyl (C=O) groups is 1. The van der Waals surface area contributed by atoms with E-state index in [1.165, 1.54) is 18.2 Å². The number of amides is 1. The maximum atomic E-state index is 12.8. The highest BCUT2D eigenvalue weighted by molar-refractivity contribution is 7.92. The molecule has 0 saturated carbocycles. The second kappa shape index (κ2) is 12.4. The van der Waals surface area contributed by atoms with Crippen molar-refractivity contribution in [1.82, 2.24) is 0 Å². The van der Waals surface area contributed by atoms with Crippen molar-refractivity contribution in [3.63, 3.8) is 0 Å². The molecule has 0 fully saturated rings. The summed E-state index contributed by atoms with van der Waals surface area (Å²) in [5.41, 5.74) is 0.938. The molecule has 0 heterocycles. The Hall–Kier alpha value is -4.21. The molecule has 10 heteroatoms. The summed E-state index contributed by atoms with van der Waals surface area (Å²) in [5.74, 6) is 1.74. The molecular weight excluding hydrogens is 528 g/mol. The molecule has 0 aliphatic heterocycles. The predicted molar refractivity (Wildman–Crippen MR) is 147 cm³/mol. The van der Waals surface area contributed by atoms with Gasteiger partial charge in [0.25, 0.3) is 15.9 Å². The maximum absolute atomic E-state index is 12.8. The third kappa shape index (κ3) is 7.41. The van der Waals surface area contributed by atoms with Crippen molar-refractivity contribution in [3.8, 4) is 23.0 Å². The first-order valence-corrected chi connectivity index (χ1v) is 13.5. The van der Waals surface area contributed by atoms with Crippen LogP contribution in [0, 0.1) is 0 Å². The SMILES string of the molecule is CCOc1ccc(NS(=O)(=O)c2ccc(OCC(=O)Nc3ccc(Oc4ccccc4)cc3)c(Cl)c2)cc1. The minimum Gasteiger partial charge on any atom is -0.494 e. The van der Waals surface area contributed by atoms with Gasteiger partial charge in [-0.1, -0.05) is 29.8 Å². The van der Waals surface area contributed by atoms with Gasteiger partial charge in [-0.2, -0.15) is 0 Å². The van der Waals surface area contributed by atoms with Crippen molar-refractivity contribution >= 4 is 38.9 Å². The Bertz CT molecular complexity index is 1480. The molecule has 0 spiro atoms. The largest absolute Gasteiger partial charge is 0.494 e. The first kappa shape index (κ1) is 26.8. The lowest BCUT2D eigenvalue weighted by Crippen LogP contribution is -2.20. The Morgan fingerprint density at radius 1 is 0.789 bits per heavy atom. The van der Waals surface area contributed by atoms with Crippen LogP contribution in [0.1, 0.15) is 6.92 Å². The Morgan fingerprint density at radius 3 is 2.08 bits per heavy atom. The number of hydrogen-bond donors (Lipinski definition) is 2. The van der Waals surface area contributed by atoms with Gasteiger partial charge in [0.15, 0.2) is 6.61 Å². The lowest BCUT2D eigenvalue weighted by molar-refractivity contribution is -0.118. The average molecular weight is 553 g/mol. The van der Waals surface area contributed by atoms with E-state index in [-0.39, 0.29) is 22.3 Å². The Labute approximate surface area is 226 Å². The van der Waals surface area contributed by atoms with Crippen LogP contribution in [0.4, 0.5) is 11.4 Å². The Morgan fingerprint density at radius 2 is 1.42 bits per heavy atom. The molecule has 0 aliphatic carbocycles. The Kier molecular flexibility index (Phi) is 8.73. The van der Waals surface area contributed by atoms with Crippen LogP contribution in [-0.4, -0.2) is 27.5 Å². The summed E-state index contributed by atoms with van der Waals surface area (Å²) in [6, 6.07) is 26.8. The van der Waals surface area contributed by atoms with E-state index in [0.29, 0.717) is 35.2 Å². The molecule has 1 amide bonds. The lowest BCUT2D eigenvalue weighted by atomic mass is 10.3. The molecule has 38 heavy (non-hydrogen) atoms. The van der Waals surface area contributed by atoms with Crippen molar-refractivity contribution in [1.29, 1.82) is 0 Å². The quantitative estimate of drug-likeness (QED) is 0.225. The molecule has 4 aromatic carbocycles. The second-order valence-corrected chi connectivity index (χ2v) is 10.0. The summed E-state index contributed by atoms with van der Waals surface area (Å²) in [5, 5.41) is 2.77. The van der Waals surface area contributed by atoms with E-state index in [0.717, 1.165) is 0 Å². The van der Waals surface area contributed by atoms with Crippen molar-refractivity contribution in [2.24, 2.45) is 0 Å². The third-order valence-electron chi connectivity index (χ3n) is 5.11. The van der Waals surface area contributed by atoms with Gasteiger partial charge >= 0.3 is 0 Å². The van der Waals surface area contributed by atoms with Gasteiger partial charge in [0.2, 0.25) is 0 Å². The molecule has 0 aromatic heterocycles. The number of carbonyl (C=O) groups excluding carboxylic acids is 1. The van der Waals surface area contributed by atoms with E-state index < -0.39 is 15.9 Å². The molecular formula is C28H25ClN2O6S. The fourth-order valence-corrected chi connectivity index (χ4v) is 4.72. The lowest BCUT2D eigenvalue weighted by Gasteiger charge is -2.12. The van der Waals surface area contributed by atoms with E-state index in [4.69, 9.17) is 25.8 Å². The number of para-hydroxylation sites is 1. The zero-order valence-electron chi connectivity index (χ0n) is 20.4. The highest BCUT2D eigenvalue weighted by atomic mass is 35.5. The highest BCUT2D eigenvalue weighted by Gasteiger charge is 2.17. The molecule has 8 nitrogen and oxygen atoms in total. The molecule has 0 unspecified atom stereocenters. The average Bonchev–Trinajstić information content (AvgIpc) is 2.91. The van der Waals surface area contributed by atoms with Crippen LogP contribution in [-0.2, 0) is 14.8 Å². The van der Waals surface area contributed by atoms with Gasteiger partial charge < -0.3 is 19.5 Å². The van der Waals surface area contributed by atoms with Crippen LogP contribution >= 0.6 is 11.6 Å². The summed E-state index contributed by atoms with van der Waals surface area (Å²) < 4.78 is 44.6. The monoisotopic (exact) mass is 552 g/mol. The minimum atomic E-state index is -3.89. The molecule has 0 aliphatic rings. The van der Waals surface area contributed by atoms with Gasteiger partial charge in [0.05, 0.1) is 16.5 Å². The highest BCUT2D eigenvalue weighted by Crippen LogP contribution is 2.29. The smallest absolute Gasteiger partial charge is 0.262 e. The Balaban J connectivity index is 1.31. The van der Waals surface area contributed by atoms with Gasteiger partial charge in [0.1, 0.15) is 23.0 Å². The minimum absolute atomic E-state index is 0.0500. The number of sulfonamides is 1. The maximum Gasteiger partial charge on any atom is 0.262 e. The summed E-state index contributed by atoms with van der Waals surface area (Å²) >= 11 is 6.24. The van der Waals surface area contributed by atoms with E-state index in [9.17, 15) is 13.2 Å². The van der Waals surface area contributed by atoms with Crippen LogP contribution in [0.25, 0.3) is 0 Å². The molecule has 0 atom stereocenters. The zero-order valence-corrected chi connectivity index (χ0v) is 22.0. The molecule has 0 saturated heterocycles. The van der Waals surface area contributed by atoms with Gasteiger partial charge in [-0.3, -0.25) is 9.52 Å². The van der Waals surface area contributed by atoms with E-state index >= 15 is 0 Å². The van der Waals surface area contributed by atoms with Crippen LogP contribution in [0.15, 0.2) is 102 Å². The summed E-state index contributed by atoms with van der Waals surface area (Å²) in [7, 11) is -3.89. The number of hydrogen-bond acceptors (Lipinski definition) is 6. The van der Waals surface area contributed by atoms with Crippen molar-refractivity contribution in [3.05, 3.63) is 102 Å². The zero-order chi connectivity index (χ0) is 27.0. The molecule has 196 valence electrons. The van der Waals surface area contributed by atoms with Crippen LogP contribution in [0.2, 0.25) is 5.02 Å². The normalized spacial score (nSPS) is 10.9. The number of anilines is 2. The van der Waals surface area contributed by atoms with Gasteiger partial charge in [-0.05, 0) is 85.8 Å². The van der Waals surface area contributed by atoms with Crippen LogP contribution in [0.5, 0.6) is 23.0 Å². The first-order chi connectivity index (χ1) is 18.3. The van der Waals surface area contributed by atoms with Crippen LogP contribution < -0.4 is 24.2 Å². The number of benzene rings is 4. The number of halogens is 1.